The standard InChI is InChI=1S/C22H32N4O3/c1-28-15-5-11-23-21(27)17-6-4-12-26(16-17)18-9-13-25(14-10-18)22-24-19-7-2-3-8-20(19)29-22/h2-3,7-8,17-18H,4-6,9-16H2,1H3,(H,23,27). The highest BCUT2D eigenvalue weighted by Crippen LogP contribution is 2.28. The van der Waals surface area contributed by atoms with Crippen molar-refractivity contribution >= 4 is 23.0 Å². The van der Waals surface area contributed by atoms with Crippen LogP contribution in [0.15, 0.2) is 28.7 Å². The van der Waals surface area contributed by atoms with Crippen molar-refractivity contribution in [3.8, 4) is 0 Å². The summed E-state index contributed by atoms with van der Waals surface area (Å²) in [5, 5.41) is 3.08. The van der Waals surface area contributed by atoms with E-state index in [4.69, 9.17) is 9.15 Å². The van der Waals surface area contributed by atoms with E-state index in [1.165, 1.54) is 0 Å². The molecule has 1 aromatic heterocycles. The molecule has 1 atom stereocenters. The molecule has 0 spiro atoms. The van der Waals surface area contributed by atoms with E-state index in [-0.39, 0.29) is 11.8 Å². The quantitative estimate of drug-likeness (QED) is 0.721. The predicted octanol–water partition coefficient (Wildman–Crippen LogP) is 2.66. The van der Waals surface area contributed by atoms with Crippen LogP contribution in [-0.2, 0) is 9.53 Å². The number of carbonyl (C=O) groups is 1. The minimum atomic E-state index is 0.112. The lowest BCUT2D eigenvalue weighted by molar-refractivity contribution is -0.127. The Morgan fingerprint density at radius 1 is 1.24 bits per heavy atom. The van der Waals surface area contributed by atoms with Crippen molar-refractivity contribution < 1.29 is 13.9 Å². The van der Waals surface area contributed by atoms with Gasteiger partial charge in [-0.1, -0.05) is 12.1 Å². The topological polar surface area (TPSA) is 70.8 Å². The number of likely N-dealkylation sites (tertiary alicyclic amines) is 1. The molecule has 7 heteroatoms. The van der Waals surface area contributed by atoms with E-state index >= 15 is 0 Å². The van der Waals surface area contributed by atoms with Crippen LogP contribution in [0.3, 0.4) is 0 Å². The van der Waals surface area contributed by atoms with Crippen LogP contribution in [0.1, 0.15) is 32.1 Å². The minimum absolute atomic E-state index is 0.112. The van der Waals surface area contributed by atoms with Crippen LogP contribution < -0.4 is 10.2 Å². The van der Waals surface area contributed by atoms with Crippen molar-refractivity contribution in [3.05, 3.63) is 24.3 Å². The van der Waals surface area contributed by atoms with Crippen LogP contribution in [0.5, 0.6) is 0 Å². The maximum absolute atomic E-state index is 12.5. The lowest BCUT2D eigenvalue weighted by Gasteiger charge is -2.41. The number of rotatable bonds is 7. The average molecular weight is 401 g/mol. The summed E-state index contributed by atoms with van der Waals surface area (Å²) in [6, 6.07) is 9.19. The van der Waals surface area contributed by atoms with Gasteiger partial charge in [-0.15, -0.1) is 0 Å². The molecule has 0 radical (unpaired) electrons. The van der Waals surface area contributed by atoms with Crippen molar-refractivity contribution in [2.45, 2.75) is 38.1 Å². The summed E-state index contributed by atoms with van der Waals surface area (Å²) < 4.78 is 11.0. The summed E-state index contributed by atoms with van der Waals surface area (Å²) in [7, 11) is 1.69. The molecule has 2 aromatic rings. The van der Waals surface area contributed by atoms with Crippen molar-refractivity contribution in [1.82, 2.24) is 15.2 Å². The molecular weight excluding hydrogens is 368 g/mol. The number of ether oxygens (including phenoxy) is 1. The molecule has 1 amide bonds. The Morgan fingerprint density at radius 2 is 2.07 bits per heavy atom. The summed E-state index contributed by atoms with van der Waals surface area (Å²) in [5.74, 6) is 0.316. The highest BCUT2D eigenvalue weighted by Gasteiger charge is 2.32. The lowest BCUT2D eigenvalue weighted by Crippen LogP contribution is -2.51. The van der Waals surface area contributed by atoms with Gasteiger partial charge in [-0.25, -0.2) is 0 Å². The van der Waals surface area contributed by atoms with E-state index in [2.05, 4.69) is 20.1 Å². The molecule has 2 fully saturated rings. The van der Waals surface area contributed by atoms with E-state index in [1.807, 2.05) is 24.3 Å². The molecule has 2 aliphatic heterocycles. The molecule has 2 aliphatic rings. The van der Waals surface area contributed by atoms with Crippen molar-refractivity contribution in [2.24, 2.45) is 5.92 Å². The van der Waals surface area contributed by atoms with Gasteiger partial charge in [-0.05, 0) is 50.8 Å². The number of oxazole rings is 1. The third-order valence-electron chi connectivity index (χ3n) is 6.18. The van der Waals surface area contributed by atoms with E-state index in [0.717, 1.165) is 75.4 Å². The van der Waals surface area contributed by atoms with Crippen molar-refractivity contribution in [2.75, 3.05) is 51.3 Å². The Bertz CT molecular complexity index is 767. The van der Waals surface area contributed by atoms with Gasteiger partial charge < -0.3 is 19.4 Å². The number of methoxy groups -OCH3 is 1. The first-order valence-electron chi connectivity index (χ1n) is 10.9. The second-order valence-corrected chi connectivity index (χ2v) is 8.15. The van der Waals surface area contributed by atoms with Gasteiger partial charge in [0.15, 0.2) is 5.58 Å². The number of fused-ring (bicyclic) bond motifs is 1. The second-order valence-electron chi connectivity index (χ2n) is 8.15. The number of benzene rings is 1. The molecule has 4 rings (SSSR count). The number of hydrogen-bond donors (Lipinski definition) is 1. The number of nitrogens with one attached hydrogen (secondary N) is 1. The second kappa shape index (κ2) is 9.59. The van der Waals surface area contributed by atoms with Crippen LogP contribution in [0.4, 0.5) is 6.01 Å². The maximum atomic E-state index is 12.5. The first-order valence-corrected chi connectivity index (χ1v) is 10.9. The molecule has 1 unspecified atom stereocenters. The number of anilines is 1. The smallest absolute Gasteiger partial charge is 0.298 e. The number of aromatic nitrogens is 1. The van der Waals surface area contributed by atoms with Gasteiger partial charge in [0, 0.05) is 45.9 Å². The van der Waals surface area contributed by atoms with E-state index < -0.39 is 0 Å². The van der Waals surface area contributed by atoms with E-state index in [1.54, 1.807) is 7.11 Å². The monoisotopic (exact) mass is 400 g/mol. The number of nitrogens with zero attached hydrogens (tertiary/aromatic N) is 3. The molecular formula is C22H32N4O3. The highest BCUT2D eigenvalue weighted by molar-refractivity contribution is 5.79. The average Bonchev–Trinajstić information content (AvgIpc) is 3.21. The molecule has 0 bridgehead atoms. The van der Waals surface area contributed by atoms with Crippen molar-refractivity contribution in [3.63, 3.8) is 0 Å². The molecule has 2 saturated heterocycles. The Labute approximate surface area is 172 Å². The highest BCUT2D eigenvalue weighted by atomic mass is 16.5. The number of carbonyl (C=O) groups excluding carboxylic acids is 1. The largest absolute Gasteiger partial charge is 0.423 e. The summed E-state index contributed by atoms with van der Waals surface area (Å²) >= 11 is 0. The Kier molecular flexibility index (Phi) is 6.67. The van der Waals surface area contributed by atoms with Gasteiger partial charge in [0.25, 0.3) is 6.01 Å². The molecule has 0 saturated carbocycles. The first kappa shape index (κ1) is 20.2. The fraction of sp³-hybridized carbons (Fsp3) is 0.636. The number of para-hydroxylation sites is 2. The van der Waals surface area contributed by atoms with Gasteiger partial charge in [0.1, 0.15) is 5.52 Å². The molecule has 158 valence electrons. The first-order chi connectivity index (χ1) is 14.2. The molecule has 1 N–H and O–H groups in total. The predicted molar refractivity (Wildman–Crippen MR) is 113 cm³/mol. The summed E-state index contributed by atoms with van der Waals surface area (Å²) in [6.45, 7) is 5.26. The van der Waals surface area contributed by atoms with Gasteiger partial charge in [-0.3, -0.25) is 9.69 Å². The maximum Gasteiger partial charge on any atom is 0.298 e. The lowest BCUT2D eigenvalue weighted by atomic mass is 9.93. The summed E-state index contributed by atoms with van der Waals surface area (Å²) in [5.41, 5.74) is 1.76. The Hall–Kier alpha value is -2.12. The third kappa shape index (κ3) is 4.90. The van der Waals surface area contributed by atoms with Gasteiger partial charge in [0.2, 0.25) is 5.91 Å². The minimum Gasteiger partial charge on any atom is -0.423 e. The number of amides is 1. The molecule has 3 heterocycles. The zero-order valence-electron chi connectivity index (χ0n) is 17.3. The van der Waals surface area contributed by atoms with Crippen LogP contribution in [0.2, 0.25) is 0 Å². The zero-order valence-corrected chi connectivity index (χ0v) is 17.3. The van der Waals surface area contributed by atoms with Crippen LogP contribution in [-0.4, -0.2) is 68.3 Å². The Morgan fingerprint density at radius 3 is 2.86 bits per heavy atom. The number of piperidine rings is 2. The summed E-state index contributed by atoms with van der Waals surface area (Å²) in [6.07, 6.45) is 5.13. The van der Waals surface area contributed by atoms with E-state index in [0.29, 0.717) is 19.2 Å². The van der Waals surface area contributed by atoms with Gasteiger partial charge >= 0.3 is 0 Å². The zero-order chi connectivity index (χ0) is 20.1. The van der Waals surface area contributed by atoms with Gasteiger partial charge in [-0.2, -0.15) is 4.98 Å². The van der Waals surface area contributed by atoms with Crippen molar-refractivity contribution in [1.29, 1.82) is 0 Å². The molecule has 1 aromatic carbocycles. The normalized spacial score (nSPS) is 21.6. The van der Waals surface area contributed by atoms with E-state index in [9.17, 15) is 4.79 Å². The number of hydrogen-bond acceptors (Lipinski definition) is 6. The van der Waals surface area contributed by atoms with Crippen LogP contribution in [0.25, 0.3) is 11.1 Å². The fourth-order valence-corrected chi connectivity index (χ4v) is 4.54. The fourth-order valence-electron chi connectivity index (χ4n) is 4.54. The third-order valence-corrected chi connectivity index (χ3v) is 6.18. The van der Waals surface area contributed by atoms with Crippen LogP contribution in [0, 0.1) is 5.92 Å². The molecule has 29 heavy (non-hydrogen) atoms. The summed E-state index contributed by atoms with van der Waals surface area (Å²) in [4.78, 5) is 21.9. The van der Waals surface area contributed by atoms with Crippen LogP contribution >= 0.6 is 0 Å². The SMILES string of the molecule is COCCCNC(=O)C1CCCN(C2CCN(c3nc4ccccc4o3)CC2)C1. The Balaban J connectivity index is 1.27. The molecule has 0 aliphatic carbocycles. The van der Waals surface area contributed by atoms with Gasteiger partial charge in [0.05, 0.1) is 5.92 Å². The molecule has 7 nitrogen and oxygen atoms in total.